The monoisotopic (exact) mass is 515 g/mol. The summed E-state index contributed by atoms with van der Waals surface area (Å²) in [5.41, 5.74) is -1.58. The van der Waals surface area contributed by atoms with Crippen LogP contribution in [0.15, 0.2) is 12.3 Å². The standard InChI is InChI=1S/C24H36F3N5O4/c1-3-35-16-23(7-4-17(14-23)29-18-6-13-36-15-19(18)34-2)21(33)31-9-11-32(12-10-31)22-28-8-5-20(30-22)24(25,26)27/h5,8,17-19,29H,3-4,6-7,9-16H2,1-2H3/t17-,18-,19?,23+/m1/s1. The molecule has 36 heavy (non-hydrogen) atoms. The number of piperazine rings is 1. The third-order valence-corrected chi connectivity index (χ3v) is 7.48. The molecule has 1 aliphatic carbocycles. The van der Waals surface area contributed by atoms with Crippen molar-refractivity contribution in [3.8, 4) is 0 Å². The Bertz CT molecular complexity index is 884. The molecule has 0 aromatic carbocycles. The van der Waals surface area contributed by atoms with Crippen molar-refractivity contribution in [2.45, 2.75) is 57.0 Å². The third-order valence-electron chi connectivity index (χ3n) is 7.48. The molecule has 3 aliphatic rings. The van der Waals surface area contributed by atoms with Gasteiger partial charge in [-0.2, -0.15) is 13.2 Å². The Morgan fingerprint density at radius 2 is 2.06 bits per heavy atom. The fourth-order valence-corrected chi connectivity index (χ4v) is 5.49. The number of halogens is 3. The number of hydrogen-bond acceptors (Lipinski definition) is 8. The molecule has 12 heteroatoms. The lowest BCUT2D eigenvalue weighted by Crippen LogP contribution is -2.55. The molecule has 2 saturated heterocycles. The first-order valence-electron chi connectivity index (χ1n) is 12.6. The van der Waals surface area contributed by atoms with E-state index in [-0.39, 0.29) is 30.0 Å². The number of carbonyl (C=O) groups excluding carboxylic acids is 1. The molecule has 202 valence electrons. The summed E-state index contributed by atoms with van der Waals surface area (Å²) >= 11 is 0. The summed E-state index contributed by atoms with van der Waals surface area (Å²) in [7, 11) is 1.69. The van der Waals surface area contributed by atoms with Crippen LogP contribution in [0.4, 0.5) is 19.1 Å². The van der Waals surface area contributed by atoms with Crippen LogP contribution in [0.1, 0.15) is 38.3 Å². The van der Waals surface area contributed by atoms with E-state index in [9.17, 15) is 18.0 Å². The number of ether oxygens (including phenoxy) is 3. The number of rotatable bonds is 8. The van der Waals surface area contributed by atoms with Crippen LogP contribution in [-0.2, 0) is 25.2 Å². The van der Waals surface area contributed by atoms with Gasteiger partial charge in [-0.25, -0.2) is 9.97 Å². The maximum absolute atomic E-state index is 13.8. The van der Waals surface area contributed by atoms with E-state index in [1.54, 1.807) is 12.0 Å². The lowest BCUT2D eigenvalue weighted by atomic mass is 9.84. The second-order valence-corrected chi connectivity index (χ2v) is 9.79. The molecule has 2 aliphatic heterocycles. The average Bonchev–Trinajstić information content (AvgIpc) is 3.31. The quantitative estimate of drug-likeness (QED) is 0.563. The first-order valence-corrected chi connectivity index (χ1v) is 12.6. The third kappa shape index (κ3) is 6.09. The average molecular weight is 516 g/mol. The van der Waals surface area contributed by atoms with E-state index in [0.717, 1.165) is 31.5 Å². The highest BCUT2D eigenvalue weighted by molar-refractivity contribution is 5.83. The van der Waals surface area contributed by atoms with Crippen LogP contribution in [0, 0.1) is 5.41 Å². The second kappa shape index (κ2) is 11.6. The topological polar surface area (TPSA) is 89.1 Å². The van der Waals surface area contributed by atoms with E-state index in [1.165, 1.54) is 0 Å². The molecule has 9 nitrogen and oxygen atoms in total. The maximum atomic E-state index is 13.8. The number of aromatic nitrogens is 2. The predicted molar refractivity (Wildman–Crippen MR) is 126 cm³/mol. The van der Waals surface area contributed by atoms with Gasteiger partial charge < -0.3 is 29.3 Å². The molecule has 3 heterocycles. The maximum Gasteiger partial charge on any atom is 0.433 e. The molecule has 1 aromatic heterocycles. The first-order chi connectivity index (χ1) is 17.3. The zero-order valence-corrected chi connectivity index (χ0v) is 20.9. The van der Waals surface area contributed by atoms with Gasteiger partial charge in [-0.1, -0.05) is 0 Å². The van der Waals surface area contributed by atoms with Crippen molar-refractivity contribution in [1.82, 2.24) is 20.2 Å². The van der Waals surface area contributed by atoms with E-state index in [1.807, 2.05) is 11.8 Å². The Balaban J connectivity index is 1.38. The van der Waals surface area contributed by atoms with Crippen molar-refractivity contribution in [2.75, 3.05) is 64.6 Å². The van der Waals surface area contributed by atoms with Crippen LogP contribution in [0.3, 0.4) is 0 Å². The molecular formula is C24H36F3N5O4. The van der Waals surface area contributed by atoms with E-state index in [2.05, 4.69) is 15.3 Å². The van der Waals surface area contributed by atoms with Gasteiger partial charge in [-0.05, 0) is 38.7 Å². The molecule has 1 amide bonds. The van der Waals surface area contributed by atoms with E-state index >= 15 is 0 Å². The molecule has 0 radical (unpaired) electrons. The van der Waals surface area contributed by atoms with Gasteiger partial charge in [0.2, 0.25) is 11.9 Å². The van der Waals surface area contributed by atoms with Crippen molar-refractivity contribution in [1.29, 1.82) is 0 Å². The van der Waals surface area contributed by atoms with Crippen molar-refractivity contribution in [3.05, 3.63) is 18.0 Å². The summed E-state index contributed by atoms with van der Waals surface area (Å²) in [5, 5.41) is 3.71. The van der Waals surface area contributed by atoms with Crippen LogP contribution in [0.5, 0.6) is 0 Å². The van der Waals surface area contributed by atoms with E-state index in [4.69, 9.17) is 14.2 Å². The number of methoxy groups -OCH3 is 1. The number of alkyl halides is 3. The van der Waals surface area contributed by atoms with Gasteiger partial charge in [-0.3, -0.25) is 4.79 Å². The summed E-state index contributed by atoms with van der Waals surface area (Å²) < 4.78 is 56.1. The van der Waals surface area contributed by atoms with Gasteiger partial charge in [-0.15, -0.1) is 0 Å². The minimum Gasteiger partial charge on any atom is -0.381 e. The van der Waals surface area contributed by atoms with Crippen molar-refractivity contribution < 1.29 is 32.2 Å². The molecule has 0 spiro atoms. The Labute approximate surface area is 209 Å². The van der Waals surface area contributed by atoms with Crippen LogP contribution < -0.4 is 10.2 Å². The highest BCUT2D eigenvalue weighted by atomic mass is 19.4. The number of amides is 1. The molecule has 1 N–H and O–H groups in total. The number of hydrogen-bond donors (Lipinski definition) is 1. The number of anilines is 1. The highest BCUT2D eigenvalue weighted by Gasteiger charge is 2.48. The van der Waals surface area contributed by atoms with Gasteiger partial charge in [0.15, 0.2) is 0 Å². The predicted octanol–water partition coefficient (Wildman–Crippen LogP) is 2.11. The van der Waals surface area contributed by atoms with Gasteiger partial charge in [0, 0.05) is 64.8 Å². The number of carbonyl (C=O) groups is 1. The van der Waals surface area contributed by atoms with Crippen molar-refractivity contribution >= 4 is 11.9 Å². The van der Waals surface area contributed by atoms with E-state index in [0.29, 0.717) is 59.0 Å². The summed E-state index contributed by atoms with van der Waals surface area (Å²) in [6.45, 7) is 5.59. The summed E-state index contributed by atoms with van der Waals surface area (Å²) in [6.07, 6.45) is -0.286. The molecule has 1 saturated carbocycles. The SMILES string of the molecule is CCOC[C@]1(C(=O)N2CCN(c3nccc(C(F)(F)F)n3)CC2)CC[C@@H](N[C@@H]2CCOCC2OC)C1. The Kier molecular flexibility index (Phi) is 8.69. The molecule has 0 bridgehead atoms. The summed E-state index contributed by atoms with van der Waals surface area (Å²) in [5.74, 6) is 0.0929. The number of nitrogens with zero attached hydrogens (tertiary/aromatic N) is 4. The minimum absolute atomic E-state index is 0.0116. The van der Waals surface area contributed by atoms with Crippen molar-refractivity contribution in [3.63, 3.8) is 0 Å². The molecule has 1 aromatic rings. The van der Waals surface area contributed by atoms with Crippen LogP contribution >= 0.6 is 0 Å². The molecule has 4 atom stereocenters. The van der Waals surface area contributed by atoms with E-state index < -0.39 is 17.3 Å². The normalized spacial score (nSPS) is 29.5. The molecular weight excluding hydrogens is 479 g/mol. The minimum atomic E-state index is -4.53. The van der Waals surface area contributed by atoms with Gasteiger partial charge >= 0.3 is 6.18 Å². The molecule has 4 rings (SSSR count). The second-order valence-electron chi connectivity index (χ2n) is 9.79. The van der Waals surface area contributed by atoms with Crippen molar-refractivity contribution in [2.24, 2.45) is 5.41 Å². The van der Waals surface area contributed by atoms with Crippen LogP contribution in [0.2, 0.25) is 0 Å². The molecule has 1 unspecified atom stereocenters. The molecule has 3 fully saturated rings. The Hall–Kier alpha value is -2.02. The lowest BCUT2D eigenvalue weighted by molar-refractivity contribution is -0.146. The van der Waals surface area contributed by atoms with Gasteiger partial charge in [0.25, 0.3) is 0 Å². The lowest BCUT2D eigenvalue weighted by Gasteiger charge is -2.40. The Morgan fingerprint density at radius 3 is 2.75 bits per heavy atom. The van der Waals surface area contributed by atoms with Gasteiger partial charge in [0.1, 0.15) is 5.69 Å². The zero-order valence-electron chi connectivity index (χ0n) is 20.9. The van der Waals surface area contributed by atoms with Crippen LogP contribution in [0.25, 0.3) is 0 Å². The fraction of sp³-hybridized carbons (Fsp3) is 0.792. The summed E-state index contributed by atoms with van der Waals surface area (Å²) in [4.78, 5) is 25.0. The number of nitrogens with one attached hydrogen (secondary N) is 1. The highest BCUT2D eigenvalue weighted by Crippen LogP contribution is 2.41. The van der Waals surface area contributed by atoms with Crippen LogP contribution in [-0.4, -0.2) is 98.7 Å². The Morgan fingerprint density at radius 1 is 1.28 bits per heavy atom. The summed E-state index contributed by atoms with van der Waals surface area (Å²) in [6, 6.07) is 1.22. The zero-order chi connectivity index (χ0) is 25.8. The fourth-order valence-electron chi connectivity index (χ4n) is 5.49. The largest absolute Gasteiger partial charge is 0.433 e. The smallest absolute Gasteiger partial charge is 0.381 e. The van der Waals surface area contributed by atoms with Gasteiger partial charge in [0.05, 0.1) is 24.7 Å². The first kappa shape index (κ1) is 27.0.